The Morgan fingerprint density at radius 3 is 2.58 bits per heavy atom. The number of carbonyl (C=O) groups excluding carboxylic acids is 1. The molecule has 0 atom stereocenters. The first kappa shape index (κ1) is 22.4. The predicted molar refractivity (Wildman–Crippen MR) is 130 cm³/mol. The number of aryl methyl sites for hydroxylation is 2. The van der Waals surface area contributed by atoms with E-state index in [2.05, 4.69) is 41.9 Å². The third-order valence-electron chi connectivity index (χ3n) is 5.62. The number of carbonyl (C=O) groups is 1. The topological polar surface area (TPSA) is 65.4 Å². The molecule has 0 fully saturated rings. The molecule has 33 heavy (non-hydrogen) atoms. The summed E-state index contributed by atoms with van der Waals surface area (Å²) in [5.41, 5.74) is 4.97. The van der Waals surface area contributed by atoms with Crippen molar-refractivity contribution >= 4 is 16.9 Å². The van der Waals surface area contributed by atoms with Crippen LogP contribution in [0, 0.1) is 13.8 Å². The number of imidazole rings is 1. The fourth-order valence-corrected chi connectivity index (χ4v) is 3.91. The summed E-state index contributed by atoms with van der Waals surface area (Å²) in [6.07, 6.45) is 0.625. The molecule has 4 rings (SSSR count). The zero-order valence-electron chi connectivity index (χ0n) is 19.3. The minimum atomic E-state index is -0.113. The average Bonchev–Trinajstić information content (AvgIpc) is 3.18. The van der Waals surface area contributed by atoms with Crippen molar-refractivity contribution in [3.05, 3.63) is 89.2 Å². The molecule has 6 heteroatoms. The number of aromatic nitrogens is 2. The quantitative estimate of drug-likeness (QED) is 0.407. The summed E-state index contributed by atoms with van der Waals surface area (Å²) in [5, 5.41) is 2.99. The molecule has 0 saturated heterocycles. The second-order valence-corrected chi connectivity index (χ2v) is 8.02. The van der Waals surface area contributed by atoms with E-state index in [4.69, 9.17) is 14.5 Å². The Balaban J connectivity index is 1.41. The van der Waals surface area contributed by atoms with Crippen LogP contribution in [0.15, 0.2) is 66.7 Å². The third-order valence-corrected chi connectivity index (χ3v) is 5.62. The fraction of sp³-hybridized carbons (Fsp3) is 0.259. The van der Waals surface area contributed by atoms with Crippen molar-refractivity contribution < 1.29 is 14.3 Å². The number of nitrogens with one attached hydrogen (secondary N) is 1. The second-order valence-electron chi connectivity index (χ2n) is 8.02. The van der Waals surface area contributed by atoms with E-state index in [-0.39, 0.29) is 5.91 Å². The summed E-state index contributed by atoms with van der Waals surface area (Å²) >= 11 is 0. The number of hydrogen-bond acceptors (Lipinski definition) is 4. The number of rotatable bonds is 9. The van der Waals surface area contributed by atoms with Gasteiger partial charge in [-0.1, -0.05) is 29.8 Å². The van der Waals surface area contributed by atoms with Gasteiger partial charge >= 0.3 is 0 Å². The molecule has 0 saturated carbocycles. The van der Waals surface area contributed by atoms with E-state index < -0.39 is 0 Å². The zero-order chi connectivity index (χ0) is 23.2. The first-order valence-corrected chi connectivity index (χ1v) is 11.1. The predicted octanol–water partition coefficient (Wildman–Crippen LogP) is 4.71. The van der Waals surface area contributed by atoms with Crippen LogP contribution in [0.3, 0.4) is 0 Å². The first-order valence-electron chi connectivity index (χ1n) is 11.1. The van der Waals surface area contributed by atoms with Crippen LogP contribution in [0.4, 0.5) is 0 Å². The van der Waals surface area contributed by atoms with Crippen molar-refractivity contribution in [1.82, 2.24) is 14.9 Å². The van der Waals surface area contributed by atoms with E-state index in [9.17, 15) is 4.79 Å². The van der Waals surface area contributed by atoms with Crippen LogP contribution in [0.25, 0.3) is 11.0 Å². The SMILES string of the molecule is COc1ccc(C(=O)NCCc2nc3ccccc3n2CCOc2ccc(C)cc2C)cc1. The smallest absolute Gasteiger partial charge is 0.251 e. The van der Waals surface area contributed by atoms with E-state index >= 15 is 0 Å². The number of nitrogens with zero attached hydrogens (tertiary/aromatic N) is 2. The average molecular weight is 444 g/mol. The minimum absolute atomic E-state index is 0.113. The maximum absolute atomic E-state index is 12.5. The Hall–Kier alpha value is -3.80. The van der Waals surface area contributed by atoms with Crippen molar-refractivity contribution in [1.29, 1.82) is 0 Å². The monoisotopic (exact) mass is 443 g/mol. The van der Waals surface area contributed by atoms with Gasteiger partial charge in [0, 0.05) is 18.5 Å². The van der Waals surface area contributed by atoms with Crippen LogP contribution >= 0.6 is 0 Å². The zero-order valence-corrected chi connectivity index (χ0v) is 19.3. The van der Waals surface area contributed by atoms with Crippen molar-refractivity contribution in [3.63, 3.8) is 0 Å². The van der Waals surface area contributed by atoms with Gasteiger partial charge in [0.1, 0.15) is 23.9 Å². The van der Waals surface area contributed by atoms with Crippen LogP contribution in [-0.2, 0) is 13.0 Å². The highest BCUT2D eigenvalue weighted by molar-refractivity contribution is 5.94. The van der Waals surface area contributed by atoms with Gasteiger partial charge in [0.25, 0.3) is 5.91 Å². The molecular formula is C27H29N3O3. The van der Waals surface area contributed by atoms with Crippen molar-refractivity contribution in [3.8, 4) is 11.5 Å². The van der Waals surface area contributed by atoms with Gasteiger partial charge in [-0.15, -0.1) is 0 Å². The third kappa shape index (κ3) is 5.34. The summed E-state index contributed by atoms with van der Waals surface area (Å²) in [6.45, 7) is 5.84. The first-order chi connectivity index (χ1) is 16.0. The molecule has 0 bridgehead atoms. The van der Waals surface area contributed by atoms with Crippen molar-refractivity contribution in [2.45, 2.75) is 26.8 Å². The highest BCUT2D eigenvalue weighted by atomic mass is 16.5. The van der Waals surface area contributed by atoms with Crippen LogP contribution in [-0.4, -0.2) is 35.7 Å². The lowest BCUT2D eigenvalue weighted by Gasteiger charge is -2.13. The summed E-state index contributed by atoms with van der Waals surface area (Å²) in [7, 11) is 1.61. The molecule has 0 radical (unpaired) electrons. The largest absolute Gasteiger partial charge is 0.497 e. The number of para-hydroxylation sites is 2. The van der Waals surface area contributed by atoms with Gasteiger partial charge in [-0.05, 0) is 61.9 Å². The molecule has 1 N–H and O–H groups in total. The van der Waals surface area contributed by atoms with E-state index in [1.165, 1.54) is 5.56 Å². The number of amides is 1. The van der Waals surface area contributed by atoms with Gasteiger partial charge in [0.15, 0.2) is 0 Å². The number of benzene rings is 3. The van der Waals surface area contributed by atoms with Gasteiger partial charge in [-0.25, -0.2) is 4.98 Å². The molecule has 0 unspecified atom stereocenters. The highest BCUT2D eigenvalue weighted by Gasteiger charge is 2.12. The Kier molecular flexibility index (Phi) is 6.93. The molecule has 1 aromatic heterocycles. The number of hydrogen-bond donors (Lipinski definition) is 1. The summed E-state index contributed by atoms with van der Waals surface area (Å²) in [6, 6.07) is 21.4. The van der Waals surface area contributed by atoms with E-state index in [1.807, 2.05) is 24.3 Å². The van der Waals surface area contributed by atoms with E-state index in [0.29, 0.717) is 31.7 Å². The van der Waals surface area contributed by atoms with Crippen LogP contribution in [0.2, 0.25) is 0 Å². The molecule has 0 aliphatic rings. The number of methoxy groups -OCH3 is 1. The number of fused-ring (bicyclic) bond motifs is 1. The molecular weight excluding hydrogens is 414 g/mol. The van der Waals surface area contributed by atoms with Gasteiger partial charge in [0.05, 0.1) is 24.7 Å². The van der Waals surface area contributed by atoms with Gasteiger partial charge in [0.2, 0.25) is 0 Å². The number of ether oxygens (including phenoxy) is 2. The molecule has 170 valence electrons. The minimum Gasteiger partial charge on any atom is -0.497 e. The van der Waals surface area contributed by atoms with Gasteiger partial charge in [-0.3, -0.25) is 4.79 Å². The Bertz CT molecular complexity index is 1250. The summed E-state index contributed by atoms with van der Waals surface area (Å²) in [4.78, 5) is 17.3. The fourth-order valence-electron chi connectivity index (χ4n) is 3.91. The van der Waals surface area contributed by atoms with Crippen molar-refractivity contribution in [2.24, 2.45) is 0 Å². The molecule has 1 heterocycles. The lowest BCUT2D eigenvalue weighted by Crippen LogP contribution is -2.26. The normalized spacial score (nSPS) is 10.9. The van der Waals surface area contributed by atoms with Crippen LogP contribution in [0.1, 0.15) is 27.3 Å². The Morgan fingerprint density at radius 2 is 1.82 bits per heavy atom. The van der Waals surface area contributed by atoms with Crippen LogP contribution < -0.4 is 14.8 Å². The van der Waals surface area contributed by atoms with Crippen molar-refractivity contribution in [2.75, 3.05) is 20.3 Å². The lowest BCUT2D eigenvalue weighted by atomic mass is 10.1. The highest BCUT2D eigenvalue weighted by Crippen LogP contribution is 2.20. The van der Waals surface area contributed by atoms with E-state index in [0.717, 1.165) is 33.9 Å². The molecule has 4 aromatic rings. The molecule has 6 nitrogen and oxygen atoms in total. The Morgan fingerprint density at radius 1 is 1.03 bits per heavy atom. The maximum atomic E-state index is 12.5. The van der Waals surface area contributed by atoms with Crippen LogP contribution in [0.5, 0.6) is 11.5 Å². The molecule has 1 amide bonds. The molecule has 0 spiro atoms. The lowest BCUT2D eigenvalue weighted by molar-refractivity contribution is 0.0954. The second kappa shape index (κ2) is 10.2. The summed E-state index contributed by atoms with van der Waals surface area (Å²) < 4.78 is 13.4. The molecule has 0 aliphatic carbocycles. The molecule has 3 aromatic carbocycles. The summed E-state index contributed by atoms with van der Waals surface area (Å²) in [5.74, 6) is 2.44. The van der Waals surface area contributed by atoms with E-state index in [1.54, 1.807) is 31.4 Å². The maximum Gasteiger partial charge on any atom is 0.251 e. The standard InChI is InChI=1S/C27H29N3O3/c1-19-8-13-25(20(2)18-19)33-17-16-30-24-7-5-4-6-23(24)29-26(30)14-15-28-27(31)21-9-11-22(32-3)12-10-21/h4-13,18H,14-17H2,1-3H3,(H,28,31). The Labute approximate surface area is 194 Å². The van der Waals surface area contributed by atoms with Gasteiger partial charge < -0.3 is 19.4 Å². The van der Waals surface area contributed by atoms with Gasteiger partial charge in [-0.2, -0.15) is 0 Å². The molecule has 0 aliphatic heterocycles.